The van der Waals surface area contributed by atoms with E-state index in [0.29, 0.717) is 17.4 Å². The van der Waals surface area contributed by atoms with E-state index < -0.39 is 0 Å². The minimum atomic E-state index is 0.626. The van der Waals surface area contributed by atoms with E-state index in [1.807, 2.05) is 36.4 Å². The summed E-state index contributed by atoms with van der Waals surface area (Å²) in [6.07, 6.45) is 0. The zero-order valence-electron chi connectivity index (χ0n) is 12.9. The Morgan fingerprint density at radius 2 is 1.65 bits per heavy atom. The molecular weight excluding hydrogens is 314 g/mol. The van der Waals surface area contributed by atoms with Crippen molar-refractivity contribution in [1.29, 1.82) is 0 Å². The van der Waals surface area contributed by atoms with Gasteiger partial charge in [-0.25, -0.2) is 0 Å². The number of hydrogen-bond acceptors (Lipinski definition) is 4. The first-order chi connectivity index (χ1) is 11.3. The van der Waals surface area contributed by atoms with Crippen LogP contribution in [0, 0.1) is 0 Å². The molecular formula is C18H20ClNO3. The van der Waals surface area contributed by atoms with Gasteiger partial charge in [-0.05, 0) is 36.4 Å². The maximum absolute atomic E-state index is 5.90. The number of halogens is 1. The van der Waals surface area contributed by atoms with E-state index in [2.05, 4.69) is 4.90 Å². The molecule has 2 aromatic rings. The summed E-state index contributed by atoms with van der Waals surface area (Å²) in [4.78, 5) is 2.34. The molecule has 0 amide bonds. The first-order valence-electron chi connectivity index (χ1n) is 7.76. The Hall–Kier alpha value is -1.75. The molecule has 23 heavy (non-hydrogen) atoms. The summed E-state index contributed by atoms with van der Waals surface area (Å²) in [5.74, 6) is 2.19. The fourth-order valence-electron chi connectivity index (χ4n) is 2.39. The topological polar surface area (TPSA) is 30.9 Å². The van der Waals surface area contributed by atoms with E-state index in [-0.39, 0.29) is 0 Å². The van der Waals surface area contributed by atoms with Crippen LogP contribution >= 0.6 is 11.6 Å². The number of morpholine rings is 1. The van der Waals surface area contributed by atoms with Crippen LogP contribution in [0.5, 0.6) is 17.2 Å². The molecule has 0 atom stereocenters. The summed E-state index contributed by atoms with van der Waals surface area (Å²) >= 11 is 5.89. The molecule has 0 unspecified atom stereocenters. The van der Waals surface area contributed by atoms with Gasteiger partial charge in [0, 0.05) is 24.7 Å². The Balaban J connectivity index is 1.57. The van der Waals surface area contributed by atoms with Crippen molar-refractivity contribution in [1.82, 2.24) is 4.90 Å². The lowest BCUT2D eigenvalue weighted by Crippen LogP contribution is -2.38. The SMILES string of the molecule is Clc1ccc(Oc2ccccc2OCCN2CCOCC2)cc1. The Bertz CT molecular complexity index is 612. The number of rotatable bonds is 6. The molecule has 0 N–H and O–H groups in total. The third-order valence-corrected chi connectivity index (χ3v) is 3.91. The van der Waals surface area contributed by atoms with E-state index in [0.717, 1.165) is 44.3 Å². The van der Waals surface area contributed by atoms with Crippen molar-refractivity contribution in [3.63, 3.8) is 0 Å². The van der Waals surface area contributed by atoms with Crippen molar-refractivity contribution in [2.75, 3.05) is 39.5 Å². The molecule has 1 aliphatic heterocycles. The molecule has 0 spiro atoms. The van der Waals surface area contributed by atoms with E-state index in [9.17, 15) is 0 Å². The van der Waals surface area contributed by atoms with Gasteiger partial charge in [0.25, 0.3) is 0 Å². The van der Waals surface area contributed by atoms with Gasteiger partial charge in [0.15, 0.2) is 11.5 Å². The molecule has 1 heterocycles. The number of para-hydroxylation sites is 2. The Kier molecular flexibility index (Phi) is 5.75. The summed E-state index contributed by atoms with van der Waals surface area (Å²) < 4.78 is 17.1. The summed E-state index contributed by atoms with van der Waals surface area (Å²) in [6.45, 7) is 5.05. The van der Waals surface area contributed by atoms with Crippen LogP contribution < -0.4 is 9.47 Å². The number of ether oxygens (including phenoxy) is 3. The van der Waals surface area contributed by atoms with E-state index in [1.54, 1.807) is 12.1 Å². The maximum Gasteiger partial charge on any atom is 0.169 e. The predicted octanol–water partition coefficient (Wildman–Crippen LogP) is 3.84. The van der Waals surface area contributed by atoms with Gasteiger partial charge < -0.3 is 14.2 Å². The number of hydrogen-bond donors (Lipinski definition) is 0. The van der Waals surface area contributed by atoms with Crippen LogP contribution in [0.1, 0.15) is 0 Å². The first-order valence-corrected chi connectivity index (χ1v) is 8.14. The Labute approximate surface area is 141 Å². The standard InChI is InChI=1S/C18H20ClNO3/c19-15-5-7-16(8-6-15)23-18-4-2-1-3-17(18)22-14-11-20-9-12-21-13-10-20/h1-8H,9-14H2. The molecule has 3 rings (SSSR count). The lowest BCUT2D eigenvalue weighted by Gasteiger charge is -2.26. The molecule has 1 saturated heterocycles. The summed E-state index contributed by atoms with van der Waals surface area (Å²) in [6, 6.07) is 15.0. The number of benzene rings is 2. The van der Waals surface area contributed by atoms with Gasteiger partial charge >= 0.3 is 0 Å². The highest BCUT2D eigenvalue weighted by Gasteiger charge is 2.11. The second kappa shape index (κ2) is 8.20. The van der Waals surface area contributed by atoms with Gasteiger partial charge in [-0.1, -0.05) is 23.7 Å². The van der Waals surface area contributed by atoms with Crippen LogP contribution in [0.25, 0.3) is 0 Å². The number of nitrogens with zero attached hydrogens (tertiary/aromatic N) is 1. The van der Waals surface area contributed by atoms with Crippen LogP contribution in [0.15, 0.2) is 48.5 Å². The maximum atomic E-state index is 5.90. The van der Waals surface area contributed by atoms with Crippen molar-refractivity contribution >= 4 is 11.6 Å². The van der Waals surface area contributed by atoms with E-state index in [1.165, 1.54) is 0 Å². The molecule has 5 heteroatoms. The molecule has 2 aromatic carbocycles. The third kappa shape index (κ3) is 4.86. The fraction of sp³-hybridized carbons (Fsp3) is 0.333. The average molecular weight is 334 g/mol. The lowest BCUT2D eigenvalue weighted by atomic mass is 10.3. The van der Waals surface area contributed by atoms with Crippen LogP contribution in [0.3, 0.4) is 0 Å². The predicted molar refractivity (Wildman–Crippen MR) is 90.7 cm³/mol. The second-order valence-electron chi connectivity index (χ2n) is 5.31. The van der Waals surface area contributed by atoms with Gasteiger partial charge in [0.05, 0.1) is 13.2 Å². The molecule has 122 valence electrons. The highest BCUT2D eigenvalue weighted by atomic mass is 35.5. The lowest BCUT2D eigenvalue weighted by molar-refractivity contribution is 0.0321. The molecule has 0 saturated carbocycles. The van der Waals surface area contributed by atoms with Gasteiger partial charge in [0.1, 0.15) is 12.4 Å². The minimum Gasteiger partial charge on any atom is -0.488 e. The van der Waals surface area contributed by atoms with Gasteiger partial charge in [-0.2, -0.15) is 0 Å². The first kappa shape index (κ1) is 16.1. The summed E-state index contributed by atoms with van der Waals surface area (Å²) in [5.41, 5.74) is 0. The quantitative estimate of drug-likeness (QED) is 0.803. The minimum absolute atomic E-state index is 0.626. The summed E-state index contributed by atoms with van der Waals surface area (Å²) in [5, 5.41) is 0.687. The van der Waals surface area contributed by atoms with Gasteiger partial charge in [0.2, 0.25) is 0 Å². The zero-order chi connectivity index (χ0) is 15.9. The highest BCUT2D eigenvalue weighted by molar-refractivity contribution is 6.30. The van der Waals surface area contributed by atoms with Crippen molar-refractivity contribution in [2.24, 2.45) is 0 Å². The van der Waals surface area contributed by atoms with Crippen molar-refractivity contribution in [3.8, 4) is 17.2 Å². The molecule has 0 radical (unpaired) electrons. The zero-order valence-corrected chi connectivity index (χ0v) is 13.7. The van der Waals surface area contributed by atoms with Crippen LogP contribution in [-0.2, 0) is 4.74 Å². The monoisotopic (exact) mass is 333 g/mol. The fourth-order valence-corrected chi connectivity index (χ4v) is 2.52. The molecule has 1 aliphatic rings. The highest BCUT2D eigenvalue weighted by Crippen LogP contribution is 2.31. The van der Waals surface area contributed by atoms with Crippen LogP contribution in [0.2, 0.25) is 5.02 Å². The van der Waals surface area contributed by atoms with Crippen molar-refractivity contribution in [2.45, 2.75) is 0 Å². The van der Waals surface area contributed by atoms with E-state index in [4.69, 9.17) is 25.8 Å². The molecule has 0 aliphatic carbocycles. The summed E-state index contributed by atoms with van der Waals surface area (Å²) in [7, 11) is 0. The van der Waals surface area contributed by atoms with Gasteiger partial charge in [-0.3, -0.25) is 4.90 Å². The normalized spacial score (nSPS) is 15.3. The molecule has 4 nitrogen and oxygen atoms in total. The van der Waals surface area contributed by atoms with E-state index >= 15 is 0 Å². The molecule has 1 fully saturated rings. The van der Waals surface area contributed by atoms with Gasteiger partial charge in [-0.15, -0.1) is 0 Å². The van der Waals surface area contributed by atoms with Crippen molar-refractivity contribution in [3.05, 3.63) is 53.6 Å². The smallest absolute Gasteiger partial charge is 0.169 e. The van der Waals surface area contributed by atoms with Crippen LogP contribution in [0.4, 0.5) is 0 Å². The Morgan fingerprint density at radius 3 is 2.39 bits per heavy atom. The largest absolute Gasteiger partial charge is 0.488 e. The Morgan fingerprint density at radius 1 is 0.957 bits per heavy atom. The molecule has 0 bridgehead atoms. The molecule has 0 aromatic heterocycles. The third-order valence-electron chi connectivity index (χ3n) is 3.66. The van der Waals surface area contributed by atoms with Crippen LogP contribution in [-0.4, -0.2) is 44.4 Å². The van der Waals surface area contributed by atoms with Crippen molar-refractivity contribution < 1.29 is 14.2 Å². The average Bonchev–Trinajstić information content (AvgIpc) is 2.59. The second-order valence-corrected chi connectivity index (χ2v) is 5.74.